The number of carbonyl (C=O) groups excluding carboxylic acids is 2. The van der Waals surface area contributed by atoms with Crippen molar-refractivity contribution < 1.29 is 14.3 Å². The predicted molar refractivity (Wildman–Crippen MR) is 113 cm³/mol. The Bertz CT molecular complexity index is 966. The number of hydrogen-bond donors (Lipinski definition) is 1. The van der Waals surface area contributed by atoms with Gasteiger partial charge < -0.3 is 15.0 Å². The molecule has 150 valence electrons. The number of urea groups is 1. The molecule has 2 heterocycles. The molecule has 0 bridgehead atoms. The summed E-state index contributed by atoms with van der Waals surface area (Å²) >= 11 is 5.90. The maximum absolute atomic E-state index is 12.7. The van der Waals surface area contributed by atoms with Gasteiger partial charge in [0.15, 0.2) is 0 Å². The molecule has 0 saturated carbocycles. The number of morpholine rings is 1. The smallest absolute Gasteiger partial charge is 0.329 e. The topological polar surface area (TPSA) is 61.9 Å². The third-order valence-corrected chi connectivity index (χ3v) is 5.40. The van der Waals surface area contributed by atoms with Crippen molar-refractivity contribution in [3.05, 3.63) is 69.9 Å². The van der Waals surface area contributed by atoms with Crippen LogP contribution in [0, 0.1) is 6.92 Å². The molecule has 0 unspecified atom stereocenters. The van der Waals surface area contributed by atoms with E-state index in [2.05, 4.69) is 16.3 Å². The predicted octanol–water partition coefficient (Wildman–Crippen LogP) is 3.58. The number of carbonyl (C=O) groups is 2. The van der Waals surface area contributed by atoms with Gasteiger partial charge in [0, 0.05) is 23.8 Å². The molecule has 0 aromatic heterocycles. The first kappa shape index (κ1) is 19.5. The molecule has 2 aliphatic rings. The molecule has 2 fully saturated rings. The van der Waals surface area contributed by atoms with Gasteiger partial charge in [-0.2, -0.15) is 0 Å². The number of amides is 3. The third kappa shape index (κ3) is 4.28. The van der Waals surface area contributed by atoms with Crippen LogP contribution in [0.2, 0.25) is 5.02 Å². The number of rotatable bonds is 4. The van der Waals surface area contributed by atoms with E-state index >= 15 is 0 Å². The number of nitrogens with one attached hydrogen (secondary N) is 1. The fraction of sp³-hybridized carbons (Fsp3) is 0.273. The van der Waals surface area contributed by atoms with Gasteiger partial charge in [-0.15, -0.1) is 0 Å². The molecule has 29 heavy (non-hydrogen) atoms. The first-order chi connectivity index (χ1) is 14.0. The molecular weight excluding hydrogens is 390 g/mol. The zero-order chi connectivity index (χ0) is 20.4. The Hall–Kier alpha value is -2.83. The second-order valence-electron chi connectivity index (χ2n) is 7.15. The van der Waals surface area contributed by atoms with Crippen molar-refractivity contribution in [3.63, 3.8) is 0 Å². The zero-order valence-electron chi connectivity index (χ0n) is 16.2. The maximum Gasteiger partial charge on any atom is 0.329 e. The van der Waals surface area contributed by atoms with Gasteiger partial charge >= 0.3 is 6.03 Å². The monoisotopic (exact) mass is 411 g/mol. The Morgan fingerprint density at radius 1 is 1.10 bits per heavy atom. The lowest BCUT2D eigenvalue weighted by Gasteiger charge is -2.29. The van der Waals surface area contributed by atoms with Crippen LogP contribution in [0.25, 0.3) is 6.08 Å². The number of anilines is 1. The molecule has 0 atom stereocenters. The van der Waals surface area contributed by atoms with Crippen LogP contribution in [0.1, 0.15) is 16.7 Å². The summed E-state index contributed by atoms with van der Waals surface area (Å²) in [5.41, 5.74) is 4.20. The second-order valence-corrected chi connectivity index (χ2v) is 7.58. The summed E-state index contributed by atoms with van der Waals surface area (Å²) in [6, 6.07) is 12.8. The highest BCUT2D eigenvalue weighted by atomic mass is 35.5. The SMILES string of the molecule is Cc1cc(N2CCOCC2)ccc1/C=C1\NC(=O)N(Cc2ccc(Cl)cc2)C1=O. The summed E-state index contributed by atoms with van der Waals surface area (Å²) in [6.45, 7) is 5.41. The van der Waals surface area contributed by atoms with E-state index < -0.39 is 6.03 Å². The fourth-order valence-corrected chi connectivity index (χ4v) is 3.61. The quantitative estimate of drug-likeness (QED) is 0.617. The minimum absolute atomic E-state index is 0.203. The van der Waals surface area contributed by atoms with E-state index in [4.69, 9.17) is 16.3 Å². The van der Waals surface area contributed by atoms with Crippen molar-refractivity contribution in [2.24, 2.45) is 0 Å². The number of halogens is 1. The Labute approximate surface area is 174 Å². The summed E-state index contributed by atoms with van der Waals surface area (Å²) in [6.07, 6.45) is 1.74. The lowest BCUT2D eigenvalue weighted by molar-refractivity contribution is -0.123. The number of benzene rings is 2. The normalized spacial score (nSPS) is 18.5. The molecule has 2 aliphatic heterocycles. The second kappa shape index (κ2) is 8.27. The van der Waals surface area contributed by atoms with Gasteiger partial charge in [0.05, 0.1) is 19.8 Å². The summed E-state index contributed by atoms with van der Waals surface area (Å²) in [4.78, 5) is 28.5. The van der Waals surface area contributed by atoms with Crippen LogP contribution in [0.5, 0.6) is 0 Å². The van der Waals surface area contributed by atoms with Gasteiger partial charge in [-0.3, -0.25) is 9.69 Å². The van der Waals surface area contributed by atoms with E-state index in [0.29, 0.717) is 5.02 Å². The van der Waals surface area contributed by atoms with Crippen molar-refractivity contribution in [1.29, 1.82) is 0 Å². The van der Waals surface area contributed by atoms with Gasteiger partial charge in [-0.05, 0) is 54.0 Å². The molecule has 4 rings (SSSR count). The standard InChI is InChI=1S/C22H22ClN3O3/c1-15-12-19(25-8-10-29-11-9-25)7-4-17(15)13-20-21(27)26(22(28)24-20)14-16-2-5-18(23)6-3-16/h2-7,12-13H,8-11,14H2,1H3,(H,24,28)/b20-13-. The van der Waals surface area contributed by atoms with Crippen LogP contribution in [0.15, 0.2) is 48.2 Å². The van der Waals surface area contributed by atoms with Gasteiger partial charge in [0.1, 0.15) is 5.70 Å². The minimum Gasteiger partial charge on any atom is -0.378 e. The van der Waals surface area contributed by atoms with E-state index in [0.717, 1.165) is 48.7 Å². The molecule has 1 N–H and O–H groups in total. The van der Waals surface area contributed by atoms with Crippen molar-refractivity contribution in [3.8, 4) is 0 Å². The lowest BCUT2D eigenvalue weighted by Crippen LogP contribution is -2.36. The van der Waals surface area contributed by atoms with Gasteiger partial charge in [-0.1, -0.05) is 29.8 Å². The van der Waals surface area contributed by atoms with E-state index in [1.807, 2.05) is 19.1 Å². The van der Waals surface area contributed by atoms with E-state index in [-0.39, 0.29) is 18.1 Å². The average molecular weight is 412 g/mol. The zero-order valence-corrected chi connectivity index (χ0v) is 16.9. The molecule has 2 aromatic rings. The number of ether oxygens (including phenoxy) is 1. The Morgan fingerprint density at radius 2 is 1.83 bits per heavy atom. The molecular formula is C22H22ClN3O3. The molecule has 2 aromatic carbocycles. The summed E-state index contributed by atoms with van der Waals surface area (Å²) < 4.78 is 5.40. The number of aryl methyl sites for hydroxylation is 1. The lowest BCUT2D eigenvalue weighted by atomic mass is 10.1. The van der Waals surface area contributed by atoms with Gasteiger partial charge in [0.2, 0.25) is 0 Å². The highest BCUT2D eigenvalue weighted by molar-refractivity contribution is 6.30. The van der Waals surface area contributed by atoms with Gasteiger partial charge in [-0.25, -0.2) is 4.79 Å². The van der Waals surface area contributed by atoms with E-state index in [1.54, 1.807) is 30.3 Å². The van der Waals surface area contributed by atoms with Crippen LogP contribution in [0.3, 0.4) is 0 Å². The first-order valence-corrected chi connectivity index (χ1v) is 9.91. The molecule has 2 saturated heterocycles. The third-order valence-electron chi connectivity index (χ3n) is 5.15. The van der Waals surface area contributed by atoms with Crippen LogP contribution >= 0.6 is 11.6 Å². The van der Waals surface area contributed by atoms with E-state index in [9.17, 15) is 9.59 Å². The van der Waals surface area contributed by atoms with Crippen LogP contribution < -0.4 is 10.2 Å². The molecule has 0 aliphatic carbocycles. The van der Waals surface area contributed by atoms with Crippen LogP contribution in [-0.2, 0) is 16.1 Å². The Morgan fingerprint density at radius 3 is 2.52 bits per heavy atom. The van der Waals surface area contributed by atoms with Crippen molar-refractivity contribution in [2.45, 2.75) is 13.5 Å². The molecule has 6 nitrogen and oxygen atoms in total. The highest BCUT2D eigenvalue weighted by Crippen LogP contribution is 2.24. The van der Waals surface area contributed by atoms with Crippen LogP contribution in [-0.4, -0.2) is 43.1 Å². The number of hydrogen-bond acceptors (Lipinski definition) is 4. The van der Waals surface area contributed by atoms with Crippen LogP contribution in [0.4, 0.5) is 10.5 Å². The van der Waals surface area contributed by atoms with E-state index in [1.165, 1.54) is 4.90 Å². The first-order valence-electron chi connectivity index (χ1n) is 9.53. The van der Waals surface area contributed by atoms with Crippen molar-refractivity contribution in [1.82, 2.24) is 10.2 Å². The van der Waals surface area contributed by atoms with Crippen molar-refractivity contribution >= 4 is 35.3 Å². The largest absolute Gasteiger partial charge is 0.378 e. The number of nitrogens with zero attached hydrogens (tertiary/aromatic N) is 2. The molecule has 0 radical (unpaired) electrons. The molecule has 7 heteroatoms. The Balaban J connectivity index is 1.51. The van der Waals surface area contributed by atoms with Gasteiger partial charge in [0.25, 0.3) is 5.91 Å². The molecule has 3 amide bonds. The summed E-state index contributed by atoms with van der Waals surface area (Å²) in [5, 5.41) is 3.30. The number of imide groups is 1. The fourth-order valence-electron chi connectivity index (χ4n) is 3.48. The van der Waals surface area contributed by atoms with Crippen molar-refractivity contribution in [2.75, 3.05) is 31.2 Å². The average Bonchev–Trinajstić information content (AvgIpc) is 2.99. The highest BCUT2D eigenvalue weighted by Gasteiger charge is 2.33. The summed E-state index contributed by atoms with van der Waals surface area (Å²) in [5.74, 6) is -0.332. The summed E-state index contributed by atoms with van der Waals surface area (Å²) in [7, 11) is 0. The maximum atomic E-state index is 12.7. The minimum atomic E-state index is -0.418. The molecule has 0 spiro atoms. The Kier molecular flexibility index (Phi) is 5.56.